The highest BCUT2D eigenvalue weighted by molar-refractivity contribution is 5.80. The number of nitrogens with zero attached hydrogens (tertiary/aromatic N) is 12. The molecule has 0 spiro atoms. The van der Waals surface area contributed by atoms with Gasteiger partial charge in [-0.25, -0.2) is 130 Å². The smallest absolute Gasteiger partial charge is 0.208 e. The molecule has 16 rings (SSSR count). The molecule has 0 bridgehead atoms. The van der Waals surface area contributed by atoms with Gasteiger partial charge in [0.15, 0.2) is 163 Å². The Labute approximate surface area is 672 Å². The summed E-state index contributed by atoms with van der Waals surface area (Å²) in [6.07, 6.45) is -9.68. The van der Waals surface area contributed by atoms with Crippen molar-refractivity contribution in [2.75, 3.05) is 0 Å². The molecule has 0 unspecified atom stereocenters. The highest BCUT2D eigenvalue weighted by Crippen LogP contribution is 2.46. The van der Waals surface area contributed by atoms with E-state index in [0.29, 0.717) is 46.5 Å². The van der Waals surface area contributed by atoms with Gasteiger partial charge in [-0.15, -0.1) is 0 Å². The molecule has 12 aromatic carbocycles. The summed E-state index contributed by atoms with van der Waals surface area (Å²) < 4.78 is 337. The van der Waals surface area contributed by atoms with Gasteiger partial charge in [0.25, 0.3) is 0 Å². The molecular weight excluding hydrogens is 1640 g/mol. The van der Waals surface area contributed by atoms with Gasteiger partial charge in [0.2, 0.25) is 0 Å². The number of hydrogen-bond donors (Lipinski definition) is 0. The van der Waals surface area contributed by atoms with E-state index in [2.05, 4.69) is 59.8 Å². The van der Waals surface area contributed by atoms with Crippen LogP contribution >= 0.6 is 0 Å². The summed E-state index contributed by atoms with van der Waals surface area (Å²) in [5.41, 5.74) is -14.5. The molecule has 0 N–H and O–H groups in total. The first-order valence-corrected chi connectivity index (χ1v) is 35.5. The molecule has 0 amide bonds. The summed E-state index contributed by atoms with van der Waals surface area (Å²) in [5, 5.41) is 0. The monoisotopic (exact) mass is 1680 g/mol. The molecule has 122 heavy (non-hydrogen) atoms. The predicted octanol–water partition coefficient (Wildman–Crippen LogP) is 24.3. The predicted molar refractivity (Wildman–Crippen MR) is 401 cm³/mol. The highest BCUT2D eigenvalue weighted by Gasteiger charge is 2.40. The Morgan fingerprint density at radius 3 is 0.443 bits per heavy atom. The number of hydrogen-bond acceptors (Lipinski definition) is 12. The molecule has 0 aliphatic rings. The van der Waals surface area contributed by atoms with E-state index in [4.69, 9.17) is 0 Å². The lowest BCUT2D eigenvalue weighted by Crippen LogP contribution is -2.12. The summed E-state index contributed by atoms with van der Waals surface area (Å²) >= 11 is 0. The quantitative estimate of drug-likeness (QED) is 0.0752. The van der Waals surface area contributed by atoms with Crippen LogP contribution in [0.5, 0.6) is 0 Å². The largest absolute Gasteiger partial charge is 0.416 e. The summed E-state index contributed by atoms with van der Waals surface area (Å²) in [6, 6.07) is 50.2. The lowest BCUT2D eigenvalue weighted by atomic mass is 9.97. The summed E-state index contributed by atoms with van der Waals surface area (Å²) in [5.74, 6) is -45.0. The molecule has 0 fully saturated rings. The second-order valence-corrected chi connectivity index (χ2v) is 26.6. The Morgan fingerprint density at radius 2 is 0.287 bits per heavy atom. The van der Waals surface area contributed by atoms with Gasteiger partial charge in [-0.3, -0.25) is 0 Å². The molecule has 608 valence electrons. The molecule has 0 aliphatic carbocycles. The van der Waals surface area contributed by atoms with E-state index >= 15 is 70.2 Å². The van der Waals surface area contributed by atoms with Gasteiger partial charge in [0.1, 0.15) is 0 Å². The maximum absolute atomic E-state index is 16.2. The number of aryl methyl sites for hydroxylation is 2. The number of alkyl halides is 6. The fourth-order valence-corrected chi connectivity index (χ4v) is 12.5. The van der Waals surface area contributed by atoms with E-state index in [-0.39, 0.29) is 57.2 Å². The molecule has 0 atom stereocenters. The third kappa shape index (κ3) is 15.7. The van der Waals surface area contributed by atoms with Crippen LogP contribution in [0.25, 0.3) is 159 Å². The van der Waals surface area contributed by atoms with Crippen molar-refractivity contribution in [2.45, 2.75) is 26.2 Å². The van der Waals surface area contributed by atoms with Gasteiger partial charge >= 0.3 is 12.4 Å². The minimum Gasteiger partial charge on any atom is -0.208 e. The fourth-order valence-electron chi connectivity index (χ4n) is 12.5. The minimum absolute atomic E-state index is 0.140. The Kier molecular flexibility index (Phi) is 22.1. The van der Waals surface area contributed by atoms with Crippen LogP contribution < -0.4 is 0 Å². The van der Waals surface area contributed by atoms with Crippen LogP contribution in [-0.2, 0) is 12.4 Å². The molecule has 0 radical (unpaired) electrons. The topological polar surface area (TPSA) is 155 Å². The third-order valence-corrected chi connectivity index (χ3v) is 18.7. The standard InChI is InChI=1S/C46H22F14N6.C42H20F8N6/c1-19-3-7-21(8-4-19)39-61-40(22-9-5-20(2)6-10-22)64-43(63-39)29-35(51)31(47)27(32(48)36(29)52)28-33(49)37(53)30(38(54)34(28)50)44-65-41(23-11-15-25(16-12-23)45(55,56)57)62-42(66-44)24-13-17-26(18-14-24)46(58,59)60;43-29-25(30(44)34(48)27(33(29)47)41-53-37(21-13-5-1-6-14-21)51-38(54-41)22-15-7-2-8-16-22)26-31(45)35(49)28(36(50)32(26)46)42-55-39(23-17-9-3-10-18-23)52-40(56-42)24-19-11-4-12-20-24/h3-18H,1-2H3;1-20H. The van der Waals surface area contributed by atoms with Crippen molar-refractivity contribution in [2.24, 2.45) is 0 Å². The van der Waals surface area contributed by atoms with E-state index in [1.54, 1.807) is 159 Å². The van der Waals surface area contributed by atoms with E-state index in [1.165, 1.54) is 24.3 Å². The highest BCUT2D eigenvalue weighted by atomic mass is 19.4. The zero-order valence-electron chi connectivity index (χ0n) is 61.5. The van der Waals surface area contributed by atoms with Crippen molar-refractivity contribution >= 4 is 0 Å². The van der Waals surface area contributed by atoms with E-state index < -0.39 is 196 Å². The lowest BCUT2D eigenvalue weighted by Gasteiger charge is -2.16. The van der Waals surface area contributed by atoms with Crippen LogP contribution in [0, 0.1) is 107 Å². The van der Waals surface area contributed by atoms with Crippen LogP contribution in [0.4, 0.5) is 96.6 Å². The average molecular weight is 1690 g/mol. The van der Waals surface area contributed by atoms with Gasteiger partial charge in [-0.05, 0) is 38.1 Å². The number of halogens is 22. The second kappa shape index (κ2) is 32.8. The van der Waals surface area contributed by atoms with E-state index in [0.717, 1.165) is 35.4 Å². The second-order valence-electron chi connectivity index (χ2n) is 26.6. The van der Waals surface area contributed by atoms with Crippen molar-refractivity contribution in [1.82, 2.24) is 59.8 Å². The molecule has 16 aromatic rings. The van der Waals surface area contributed by atoms with Gasteiger partial charge < -0.3 is 0 Å². The molecule has 0 saturated heterocycles. The Balaban J connectivity index is 0.000000192. The number of rotatable bonds is 14. The first-order chi connectivity index (χ1) is 58.2. The Morgan fingerprint density at radius 1 is 0.156 bits per heavy atom. The summed E-state index contributed by atoms with van der Waals surface area (Å²) in [6.45, 7) is 3.51. The molecule has 4 aromatic heterocycles. The molecule has 12 nitrogen and oxygen atoms in total. The molecule has 0 aliphatic heterocycles. The molecule has 34 heteroatoms. The van der Waals surface area contributed by atoms with Gasteiger partial charge in [0, 0.05) is 44.5 Å². The van der Waals surface area contributed by atoms with Crippen molar-refractivity contribution < 1.29 is 96.6 Å². The van der Waals surface area contributed by atoms with E-state index in [9.17, 15) is 26.3 Å². The SMILES string of the molecule is Cc1ccc(-c2nc(-c3ccc(C)cc3)nc(-c3c(F)c(F)c(-c4c(F)c(F)c(-c5nc(-c6ccc(C(F)(F)F)cc6)nc(-c6ccc(C(F)(F)F)cc6)n5)c(F)c4F)c(F)c3F)n2)cc1.Fc1c(F)c(-c2c(F)c(F)c(-c3nc(-c4ccccc4)nc(-c4ccccc4)n3)c(F)c2F)c(F)c(F)c1-c1nc(-c2ccccc2)nc(-c2ccccc2)n1. The van der Waals surface area contributed by atoms with Crippen molar-refractivity contribution in [1.29, 1.82) is 0 Å². The van der Waals surface area contributed by atoms with Crippen LogP contribution in [0.15, 0.2) is 218 Å². The van der Waals surface area contributed by atoms with Gasteiger partial charge in [-0.1, -0.05) is 205 Å². The van der Waals surface area contributed by atoms with Crippen LogP contribution in [-0.4, -0.2) is 59.8 Å². The van der Waals surface area contributed by atoms with Gasteiger partial charge in [-0.2, -0.15) is 26.3 Å². The molecular formula is C88H42F22N12. The van der Waals surface area contributed by atoms with Gasteiger partial charge in [0.05, 0.1) is 55.6 Å². The Bertz CT molecular complexity index is 6220. The van der Waals surface area contributed by atoms with Crippen LogP contribution in [0.3, 0.4) is 0 Å². The number of aromatic nitrogens is 12. The third-order valence-electron chi connectivity index (χ3n) is 18.7. The summed E-state index contributed by atoms with van der Waals surface area (Å²) in [4.78, 5) is 48.7. The minimum atomic E-state index is -4.84. The normalized spacial score (nSPS) is 11.6. The van der Waals surface area contributed by atoms with Crippen molar-refractivity contribution in [3.8, 4) is 159 Å². The van der Waals surface area contributed by atoms with Crippen molar-refractivity contribution in [3.63, 3.8) is 0 Å². The maximum atomic E-state index is 16.2. The fraction of sp³-hybridized carbons (Fsp3) is 0.0455. The summed E-state index contributed by atoms with van der Waals surface area (Å²) in [7, 11) is 0. The maximum Gasteiger partial charge on any atom is 0.416 e. The average Bonchev–Trinajstić information content (AvgIpc) is 0.734. The van der Waals surface area contributed by atoms with Crippen LogP contribution in [0.2, 0.25) is 0 Å². The Hall–Kier alpha value is -14.9. The molecule has 0 saturated carbocycles. The first-order valence-electron chi connectivity index (χ1n) is 35.5. The van der Waals surface area contributed by atoms with E-state index in [1.807, 2.05) is 0 Å². The zero-order chi connectivity index (χ0) is 86.7. The number of benzene rings is 12. The van der Waals surface area contributed by atoms with Crippen LogP contribution in [0.1, 0.15) is 22.3 Å². The molecule has 4 heterocycles. The lowest BCUT2D eigenvalue weighted by molar-refractivity contribution is -0.138. The zero-order valence-corrected chi connectivity index (χ0v) is 61.5. The first kappa shape index (κ1) is 82.2. The van der Waals surface area contributed by atoms with Crippen molar-refractivity contribution in [3.05, 3.63) is 334 Å².